The van der Waals surface area contributed by atoms with Crippen molar-refractivity contribution in [1.29, 1.82) is 0 Å². The van der Waals surface area contributed by atoms with Gasteiger partial charge in [-0.15, -0.1) is 0 Å². The fourth-order valence-electron chi connectivity index (χ4n) is 2.83. The number of nitrogens with one attached hydrogen (secondary N) is 2. The van der Waals surface area contributed by atoms with Crippen molar-refractivity contribution in [2.24, 2.45) is 0 Å². The molecule has 1 aromatic heterocycles. The van der Waals surface area contributed by atoms with Crippen molar-refractivity contribution < 1.29 is 9.53 Å². The Kier molecular flexibility index (Phi) is 5.85. The molecule has 2 atom stereocenters. The number of urea groups is 1. The molecule has 1 fully saturated rings. The van der Waals surface area contributed by atoms with Gasteiger partial charge in [0.2, 0.25) is 0 Å². The number of benzene rings is 1. The lowest BCUT2D eigenvalue weighted by molar-refractivity contribution is 0.124. The molecule has 0 saturated carbocycles. The summed E-state index contributed by atoms with van der Waals surface area (Å²) in [4.78, 5) is 18.5. The summed E-state index contributed by atoms with van der Waals surface area (Å²) in [7, 11) is 0. The fourth-order valence-corrected chi connectivity index (χ4v) is 2.83. The molecule has 0 aliphatic carbocycles. The average Bonchev–Trinajstić information content (AvgIpc) is 2.69. The quantitative estimate of drug-likeness (QED) is 0.819. The van der Waals surface area contributed by atoms with Crippen LogP contribution < -0.4 is 15.4 Å². The number of hydrogen-bond acceptors (Lipinski definition) is 4. The summed E-state index contributed by atoms with van der Waals surface area (Å²) in [6, 6.07) is 13.6. The van der Waals surface area contributed by atoms with Gasteiger partial charge in [0.1, 0.15) is 5.75 Å². The van der Waals surface area contributed by atoms with Gasteiger partial charge in [-0.2, -0.15) is 0 Å². The van der Waals surface area contributed by atoms with Gasteiger partial charge in [-0.1, -0.05) is 37.3 Å². The van der Waals surface area contributed by atoms with E-state index in [1.807, 2.05) is 47.4 Å². The number of piperazine rings is 1. The molecular weight excluding hydrogens is 316 g/mol. The average molecular weight is 340 g/mol. The minimum absolute atomic E-state index is 0.00623. The van der Waals surface area contributed by atoms with Crippen LogP contribution >= 0.6 is 0 Å². The number of hydrogen-bond donors (Lipinski definition) is 2. The predicted molar refractivity (Wildman–Crippen MR) is 96.5 cm³/mol. The van der Waals surface area contributed by atoms with Crippen LogP contribution in [0.2, 0.25) is 0 Å². The van der Waals surface area contributed by atoms with Crippen molar-refractivity contribution in [2.75, 3.05) is 26.2 Å². The van der Waals surface area contributed by atoms with Crippen LogP contribution in [0.15, 0.2) is 54.9 Å². The van der Waals surface area contributed by atoms with Crippen LogP contribution in [0.5, 0.6) is 5.75 Å². The van der Waals surface area contributed by atoms with Gasteiger partial charge in [-0.3, -0.25) is 4.98 Å². The molecule has 0 unspecified atom stereocenters. The molecule has 2 heterocycles. The molecule has 2 N–H and O–H groups in total. The molecular formula is C19H24N4O2. The third kappa shape index (κ3) is 4.70. The van der Waals surface area contributed by atoms with E-state index in [1.165, 1.54) is 0 Å². The fraction of sp³-hybridized carbons (Fsp3) is 0.368. The lowest BCUT2D eigenvalue weighted by Gasteiger charge is -2.32. The normalized spacial score (nSPS) is 16.8. The summed E-state index contributed by atoms with van der Waals surface area (Å²) in [5.74, 6) is 0.629. The summed E-state index contributed by atoms with van der Waals surface area (Å²) >= 11 is 0. The third-order valence-electron chi connectivity index (χ3n) is 4.35. The van der Waals surface area contributed by atoms with Crippen molar-refractivity contribution in [3.63, 3.8) is 0 Å². The van der Waals surface area contributed by atoms with Gasteiger partial charge in [0.25, 0.3) is 0 Å². The predicted octanol–water partition coefficient (Wildman–Crippen LogP) is 2.21. The van der Waals surface area contributed by atoms with Gasteiger partial charge in [0.05, 0.1) is 6.20 Å². The highest BCUT2D eigenvalue weighted by atomic mass is 16.5. The first kappa shape index (κ1) is 17.2. The molecule has 6 heteroatoms. The molecule has 6 nitrogen and oxygen atoms in total. The summed E-state index contributed by atoms with van der Waals surface area (Å²) in [5, 5.41) is 6.29. The standard InChI is InChI=1S/C19H24N4O2/c1-15(16-6-3-2-4-7-16)18(25-17-8-5-9-21-14-17)22-19(24)23-12-10-20-11-13-23/h2-9,14-15,18,20H,10-13H2,1H3,(H,22,24)/t15-,18-/m1/s1. The number of ether oxygens (including phenoxy) is 1. The van der Waals surface area contributed by atoms with E-state index >= 15 is 0 Å². The van der Waals surface area contributed by atoms with E-state index in [4.69, 9.17) is 4.74 Å². The molecule has 1 aliphatic rings. The molecule has 1 saturated heterocycles. The van der Waals surface area contributed by atoms with Crippen LogP contribution in [0.4, 0.5) is 4.79 Å². The largest absolute Gasteiger partial charge is 0.468 e. The summed E-state index contributed by atoms with van der Waals surface area (Å²) in [6.07, 6.45) is 2.87. The number of pyridine rings is 1. The third-order valence-corrected chi connectivity index (χ3v) is 4.35. The molecule has 2 amide bonds. The molecule has 1 aliphatic heterocycles. The van der Waals surface area contributed by atoms with E-state index in [2.05, 4.69) is 22.5 Å². The van der Waals surface area contributed by atoms with Crippen LogP contribution in [0.3, 0.4) is 0 Å². The number of aromatic nitrogens is 1. The Balaban J connectivity index is 1.74. The Morgan fingerprint density at radius 3 is 2.64 bits per heavy atom. The molecule has 132 valence electrons. The second-order valence-electron chi connectivity index (χ2n) is 6.11. The number of rotatable bonds is 5. The zero-order valence-electron chi connectivity index (χ0n) is 14.4. The van der Waals surface area contributed by atoms with Crippen molar-refractivity contribution in [1.82, 2.24) is 20.5 Å². The first-order valence-electron chi connectivity index (χ1n) is 8.62. The molecule has 2 aromatic rings. The van der Waals surface area contributed by atoms with E-state index in [-0.39, 0.29) is 11.9 Å². The highest BCUT2D eigenvalue weighted by Crippen LogP contribution is 2.22. The van der Waals surface area contributed by atoms with Crippen LogP contribution in [-0.2, 0) is 0 Å². The molecule has 3 rings (SSSR count). The minimum Gasteiger partial charge on any atom is -0.468 e. The Bertz CT molecular complexity index is 660. The SMILES string of the molecule is C[C@H](c1ccccc1)[C@H](NC(=O)N1CCNCC1)Oc1cccnc1. The van der Waals surface area contributed by atoms with Crippen molar-refractivity contribution in [2.45, 2.75) is 19.1 Å². The first-order chi connectivity index (χ1) is 12.2. The number of carbonyl (C=O) groups is 1. The van der Waals surface area contributed by atoms with Gasteiger partial charge in [-0.05, 0) is 17.7 Å². The van der Waals surface area contributed by atoms with E-state index in [1.54, 1.807) is 12.4 Å². The lowest BCUT2D eigenvalue weighted by Crippen LogP contribution is -2.54. The maximum absolute atomic E-state index is 12.6. The Morgan fingerprint density at radius 2 is 1.96 bits per heavy atom. The van der Waals surface area contributed by atoms with Gasteiger partial charge < -0.3 is 20.3 Å². The molecule has 25 heavy (non-hydrogen) atoms. The topological polar surface area (TPSA) is 66.5 Å². The minimum atomic E-state index is -0.478. The van der Waals surface area contributed by atoms with Crippen LogP contribution in [0.1, 0.15) is 18.4 Å². The summed E-state index contributed by atoms with van der Waals surface area (Å²) < 4.78 is 6.06. The molecule has 0 spiro atoms. The van der Waals surface area contributed by atoms with Crippen LogP contribution in [0.25, 0.3) is 0 Å². The van der Waals surface area contributed by atoms with Crippen LogP contribution in [0, 0.1) is 0 Å². The summed E-state index contributed by atoms with van der Waals surface area (Å²) in [5.41, 5.74) is 1.11. The zero-order valence-corrected chi connectivity index (χ0v) is 14.4. The van der Waals surface area contributed by atoms with Gasteiger partial charge in [0.15, 0.2) is 6.23 Å². The number of carbonyl (C=O) groups excluding carboxylic acids is 1. The zero-order chi connectivity index (χ0) is 17.5. The maximum atomic E-state index is 12.6. The lowest BCUT2D eigenvalue weighted by atomic mass is 9.99. The summed E-state index contributed by atoms with van der Waals surface area (Å²) in [6.45, 7) is 5.08. The Labute approximate surface area is 148 Å². The van der Waals surface area contributed by atoms with E-state index in [0.717, 1.165) is 18.7 Å². The number of amides is 2. The van der Waals surface area contributed by atoms with Crippen molar-refractivity contribution in [3.05, 3.63) is 60.4 Å². The van der Waals surface area contributed by atoms with E-state index in [0.29, 0.717) is 18.8 Å². The molecule has 0 bridgehead atoms. The Morgan fingerprint density at radius 1 is 1.20 bits per heavy atom. The highest BCUT2D eigenvalue weighted by Gasteiger charge is 2.26. The van der Waals surface area contributed by atoms with Gasteiger partial charge >= 0.3 is 6.03 Å². The monoisotopic (exact) mass is 340 g/mol. The van der Waals surface area contributed by atoms with Gasteiger partial charge in [0, 0.05) is 38.3 Å². The van der Waals surface area contributed by atoms with Gasteiger partial charge in [-0.25, -0.2) is 4.79 Å². The van der Waals surface area contributed by atoms with E-state index < -0.39 is 6.23 Å². The highest BCUT2D eigenvalue weighted by molar-refractivity contribution is 5.74. The smallest absolute Gasteiger partial charge is 0.320 e. The van der Waals surface area contributed by atoms with Crippen LogP contribution in [-0.4, -0.2) is 48.3 Å². The molecule has 1 aromatic carbocycles. The number of nitrogens with zero attached hydrogens (tertiary/aromatic N) is 2. The first-order valence-corrected chi connectivity index (χ1v) is 8.62. The second kappa shape index (κ2) is 8.48. The maximum Gasteiger partial charge on any atom is 0.320 e. The molecule has 0 radical (unpaired) electrons. The van der Waals surface area contributed by atoms with E-state index in [9.17, 15) is 4.79 Å². The van der Waals surface area contributed by atoms with Crippen molar-refractivity contribution in [3.8, 4) is 5.75 Å². The Hall–Kier alpha value is -2.60. The van der Waals surface area contributed by atoms with Crippen molar-refractivity contribution >= 4 is 6.03 Å². The second-order valence-corrected chi connectivity index (χ2v) is 6.11.